The van der Waals surface area contributed by atoms with Gasteiger partial charge in [0.1, 0.15) is 5.82 Å². The fourth-order valence-corrected chi connectivity index (χ4v) is 3.16. The van der Waals surface area contributed by atoms with E-state index in [9.17, 15) is 0 Å². The molecule has 0 radical (unpaired) electrons. The number of halogens is 1. The molecule has 3 aromatic rings. The van der Waals surface area contributed by atoms with Crippen LogP contribution in [0.4, 0.5) is 17.5 Å². The zero-order valence-corrected chi connectivity index (χ0v) is 19.3. The van der Waals surface area contributed by atoms with Crippen molar-refractivity contribution in [2.24, 2.45) is 5.41 Å². The Hall–Kier alpha value is -2.83. The minimum Gasteiger partial charge on any atom is -0.370 e. The zero-order chi connectivity index (χ0) is 22.4. The van der Waals surface area contributed by atoms with Crippen LogP contribution in [-0.4, -0.2) is 23.1 Å². The number of nitrogens with two attached hydrogens (primary N) is 1. The molecule has 1 aromatic heterocycles. The van der Waals surface area contributed by atoms with Gasteiger partial charge in [0.15, 0.2) is 0 Å². The zero-order valence-electron chi connectivity index (χ0n) is 18.5. The molecule has 4 N–H and O–H groups in total. The summed E-state index contributed by atoms with van der Waals surface area (Å²) in [5.74, 6) is 0.917. The van der Waals surface area contributed by atoms with Gasteiger partial charge >= 0.3 is 0 Å². The van der Waals surface area contributed by atoms with E-state index in [1.807, 2.05) is 43.3 Å². The first-order chi connectivity index (χ1) is 14.7. The number of benzene rings is 2. The van der Waals surface area contributed by atoms with Crippen LogP contribution < -0.4 is 16.5 Å². The summed E-state index contributed by atoms with van der Waals surface area (Å²) in [4.78, 5) is 14.2. The van der Waals surface area contributed by atoms with Crippen LogP contribution in [0.3, 0.4) is 0 Å². The van der Waals surface area contributed by atoms with Crippen molar-refractivity contribution in [1.82, 2.24) is 9.97 Å². The predicted octanol–water partition coefficient (Wildman–Crippen LogP) is 5.73. The minimum absolute atomic E-state index is 0.119. The molecule has 0 bridgehead atoms. The second kappa shape index (κ2) is 9.98. The molecule has 0 saturated heterocycles. The van der Waals surface area contributed by atoms with E-state index in [1.54, 1.807) is 0 Å². The van der Waals surface area contributed by atoms with E-state index >= 15 is 0 Å². The van der Waals surface area contributed by atoms with E-state index < -0.39 is 0 Å². The molecule has 0 spiro atoms. The van der Waals surface area contributed by atoms with E-state index in [4.69, 9.17) is 22.2 Å². The topological polar surface area (TPSA) is 85.1 Å². The van der Waals surface area contributed by atoms with Crippen molar-refractivity contribution in [2.75, 3.05) is 29.7 Å². The Bertz CT molecular complexity index is 1020. The molecular weight excluding hydrogens is 410 g/mol. The molecule has 0 aliphatic carbocycles. The molecule has 0 aliphatic heterocycles. The lowest BCUT2D eigenvalue weighted by Gasteiger charge is -2.18. The van der Waals surface area contributed by atoms with Crippen LogP contribution in [0.5, 0.6) is 0 Å². The Morgan fingerprint density at radius 1 is 1.06 bits per heavy atom. The maximum atomic E-state index is 6.25. The summed E-state index contributed by atoms with van der Waals surface area (Å²) in [5.41, 5.74) is 13.9. The molecule has 1 heterocycles. The summed E-state index contributed by atoms with van der Waals surface area (Å²) in [6.45, 7) is 9.73. The van der Waals surface area contributed by atoms with Gasteiger partial charge in [-0.05, 0) is 48.1 Å². The second-order valence-corrected chi connectivity index (χ2v) is 9.14. The van der Waals surface area contributed by atoms with Crippen LogP contribution in [0.1, 0.15) is 31.9 Å². The van der Waals surface area contributed by atoms with Gasteiger partial charge in [-0.25, -0.2) is 4.98 Å². The molecule has 7 heteroatoms. The van der Waals surface area contributed by atoms with Gasteiger partial charge in [-0.1, -0.05) is 56.6 Å². The smallest absolute Gasteiger partial charge is 0.222 e. The van der Waals surface area contributed by atoms with Crippen molar-refractivity contribution >= 4 is 29.1 Å². The Morgan fingerprint density at radius 3 is 2.52 bits per heavy atom. The summed E-state index contributed by atoms with van der Waals surface area (Å²) in [6, 6.07) is 15.8. The van der Waals surface area contributed by atoms with E-state index in [2.05, 4.69) is 53.7 Å². The van der Waals surface area contributed by atoms with Crippen LogP contribution in [0.2, 0.25) is 5.02 Å². The van der Waals surface area contributed by atoms with Gasteiger partial charge in [0.05, 0.1) is 18.0 Å². The molecule has 164 valence electrons. The maximum Gasteiger partial charge on any atom is 0.222 e. The summed E-state index contributed by atoms with van der Waals surface area (Å²) < 4.78 is 0. The molecule has 0 unspecified atom stereocenters. The minimum atomic E-state index is 0.119. The van der Waals surface area contributed by atoms with Crippen LogP contribution >= 0.6 is 11.6 Å². The molecule has 0 aliphatic rings. The lowest BCUT2D eigenvalue weighted by molar-refractivity contribution is 0.114. The van der Waals surface area contributed by atoms with Crippen LogP contribution in [-0.2, 0) is 11.3 Å². The van der Waals surface area contributed by atoms with E-state index in [0.717, 1.165) is 35.5 Å². The third-order valence-electron chi connectivity index (χ3n) is 4.66. The molecule has 6 nitrogen and oxygen atoms in total. The quantitative estimate of drug-likeness (QED) is 0.388. The highest BCUT2D eigenvalue weighted by atomic mass is 35.5. The van der Waals surface area contributed by atoms with Gasteiger partial charge in [0, 0.05) is 23.2 Å². The Morgan fingerprint density at radius 2 is 1.81 bits per heavy atom. The number of nitrogens with one attached hydrogen (secondary N) is 2. The number of nitrogen functional groups attached to an aromatic ring is 1. The first kappa shape index (κ1) is 22.8. The summed E-state index contributed by atoms with van der Waals surface area (Å²) in [7, 11) is 0. The van der Waals surface area contributed by atoms with E-state index in [-0.39, 0.29) is 11.4 Å². The molecular formula is C24H30ClN5O. The molecule has 0 atom stereocenters. The average Bonchev–Trinajstić information content (AvgIpc) is 2.70. The largest absolute Gasteiger partial charge is 0.370 e. The third kappa shape index (κ3) is 6.84. The van der Waals surface area contributed by atoms with Gasteiger partial charge < -0.3 is 11.1 Å². The Labute approximate surface area is 189 Å². The Balaban J connectivity index is 1.57. The van der Waals surface area contributed by atoms with Crippen LogP contribution in [0.15, 0.2) is 48.5 Å². The average molecular weight is 440 g/mol. The summed E-state index contributed by atoms with van der Waals surface area (Å²) >= 11 is 6.25. The van der Waals surface area contributed by atoms with Gasteiger partial charge in [0.2, 0.25) is 5.95 Å². The number of anilines is 3. The second-order valence-electron chi connectivity index (χ2n) is 8.73. The lowest BCUT2D eigenvalue weighted by Crippen LogP contribution is -2.17. The molecule has 3 rings (SSSR count). The molecule has 0 saturated carbocycles. The molecule has 0 fully saturated rings. The van der Waals surface area contributed by atoms with Gasteiger partial charge in [-0.3, -0.25) is 10.3 Å². The monoisotopic (exact) mass is 439 g/mol. The van der Waals surface area contributed by atoms with Crippen LogP contribution in [0.25, 0.3) is 11.3 Å². The highest BCUT2D eigenvalue weighted by molar-refractivity contribution is 6.31. The number of hydrogen-bond donors (Lipinski definition) is 3. The maximum absolute atomic E-state index is 6.25. The lowest BCUT2D eigenvalue weighted by atomic mass is 9.99. The fraction of sp³-hybridized carbons (Fsp3) is 0.333. The molecule has 31 heavy (non-hydrogen) atoms. The summed E-state index contributed by atoms with van der Waals surface area (Å²) in [5, 5.41) is 4.04. The molecule has 0 amide bonds. The number of nitrogens with zero attached hydrogens (tertiary/aromatic N) is 2. The standard InChI is InChI=1S/C24H30ClN5O/c1-16-19(6-5-7-20(16)25)21-14-22(29-23(26)28-21)27-13-12-17-8-10-18(11-9-17)30-31-15-24(2,3)4/h5-11,14,30H,12-13,15H2,1-4H3,(H3,26,27,28,29). The number of aromatic nitrogens is 2. The van der Waals surface area contributed by atoms with Crippen molar-refractivity contribution in [3.05, 3.63) is 64.7 Å². The van der Waals surface area contributed by atoms with Gasteiger partial charge in [-0.15, -0.1) is 0 Å². The molecule has 2 aromatic carbocycles. The van der Waals surface area contributed by atoms with E-state index in [0.29, 0.717) is 17.4 Å². The van der Waals surface area contributed by atoms with Gasteiger partial charge in [-0.2, -0.15) is 4.98 Å². The SMILES string of the molecule is Cc1c(Cl)cccc1-c1cc(NCCc2ccc(NOCC(C)(C)C)cc2)nc(N)n1. The van der Waals surface area contributed by atoms with Crippen molar-refractivity contribution in [2.45, 2.75) is 34.1 Å². The van der Waals surface area contributed by atoms with Crippen molar-refractivity contribution in [3.8, 4) is 11.3 Å². The Kier molecular flexibility index (Phi) is 7.36. The third-order valence-corrected chi connectivity index (χ3v) is 5.07. The van der Waals surface area contributed by atoms with Crippen LogP contribution in [0, 0.1) is 12.3 Å². The fourth-order valence-electron chi connectivity index (χ4n) is 2.99. The van der Waals surface area contributed by atoms with Crippen molar-refractivity contribution in [1.29, 1.82) is 0 Å². The number of rotatable bonds is 8. The first-order valence-corrected chi connectivity index (χ1v) is 10.7. The normalized spacial score (nSPS) is 11.4. The first-order valence-electron chi connectivity index (χ1n) is 10.3. The predicted molar refractivity (Wildman–Crippen MR) is 129 cm³/mol. The highest BCUT2D eigenvalue weighted by Gasteiger charge is 2.11. The van der Waals surface area contributed by atoms with Crippen molar-refractivity contribution in [3.63, 3.8) is 0 Å². The van der Waals surface area contributed by atoms with Gasteiger partial charge in [0.25, 0.3) is 0 Å². The van der Waals surface area contributed by atoms with Crippen molar-refractivity contribution < 1.29 is 4.84 Å². The number of hydrogen-bond acceptors (Lipinski definition) is 6. The highest BCUT2D eigenvalue weighted by Crippen LogP contribution is 2.28. The van der Waals surface area contributed by atoms with E-state index in [1.165, 1.54) is 5.56 Å². The summed E-state index contributed by atoms with van der Waals surface area (Å²) in [6.07, 6.45) is 0.846.